The number of pyridine rings is 5. The number of para-hydroxylation sites is 3. The molecule has 15 heteroatoms. The summed E-state index contributed by atoms with van der Waals surface area (Å²) in [6, 6.07) is 123. The van der Waals surface area contributed by atoms with Crippen LogP contribution in [0.2, 0.25) is 0 Å². The van der Waals surface area contributed by atoms with Crippen LogP contribution in [0.4, 0.5) is 0 Å². The molecule has 15 aromatic carbocycles. The number of aromatic nitrogens is 10. The van der Waals surface area contributed by atoms with Gasteiger partial charge < -0.3 is 19.8 Å². The molecule has 0 spiro atoms. The summed E-state index contributed by atoms with van der Waals surface area (Å²) in [7, 11) is 0. The van der Waals surface area contributed by atoms with Gasteiger partial charge in [0, 0.05) is 132 Å². The number of hydrogen-bond acceptors (Lipinski definition) is 6. The molecule has 2 radical (unpaired) electrons. The van der Waals surface area contributed by atoms with Crippen LogP contribution in [-0.4, -0.2) is 39.4 Å². The number of imidazole rings is 3. The van der Waals surface area contributed by atoms with Crippen LogP contribution < -0.4 is 23.0 Å². The van der Waals surface area contributed by atoms with Gasteiger partial charge in [-0.15, -0.1) is 83.4 Å². The predicted octanol–water partition coefficient (Wildman–Crippen LogP) is 29.6. The zero-order valence-corrected chi connectivity index (χ0v) is 85.6. The Balaban J connectivity index is 0.000000122. The molecule has 0 amide bonds. The van der Waals surface area contributed by atoms with Gasteiger partial charge in [0.1, 0.15) is 56.5 Å². The van der Waals surface area contributed by atoms with Crippen molar-refractivity contribution < 1.29 is 84.1 Å². The quantitative estimate of drug-likeness (QED) is 0.0583. The Morgan fingerprint density at radius 2 is 1.10 bits per heavy atom. The van der Waals surface area contributed by atoms with Crippen molar-refractivity contribution >= 4 is 82.0 Å². The maximum atomic E-state index is 10.0. The van der Waals surface area contributed by atoms with E-state index in [2.05, 4.69) is 369 Å². The molecule has 0 bridgehead atoms. The summed E-state index contributed by atoms with van der Waals surface area (Å²) in [4.78, 5) is 23.1. The van der Waals surface area contributed by atoms with Crippen molar-refractivity contribution in [2.75, 3.05) is 0 Å². The van der Waals surface area contributed by atoms with Gasteiger partial charge in [0.2, 0.25) is 5.69 Å². The van der Waals surface area contributed by atoms with Gasteiger partial charge in [0.25, 0.3) is 17.3 Å². The van der Waals surface area contributed by atoms with Gasteiger partial charge in [0.05, 0.1) is 48.9 Å². The van der Waals surface area contributed by atoms with E-state index < -0.39 is 12.1 Å². The minimum absolute atomic E-state index is 0. The summed E-state index contributed by atoms with van der Waals surface area (Å²) in [6.07, 6.45) is 16.3. The summed E-state index contributed by atoms with van der Waals surface area (Å²) in [5.41, 5.74) is 31.2. The summed E-state index contributed by atoms with van der Waals surface area (Å²) in [6.45, 7) is 20.8. The number of fused-ring (bicyclic) bond motifs is 19. The molecule has 0 saturated heterocycles. The zero-order valence-electron chi connectivity index (χ0n) is 88.8. The zero-order chi connectivity index (χ0) is 104. The van der Waals surface area contributed by atoms with Gasteiger partial charge >= 0.3 is 0 Å². The third-order valence-corrected chi connectivity index (χ3v) is 27.0. The molecule has 6 aliphatic rings. The second-order valence-electron chi connectivity index (χ2n) is 36.6. The second-order valence-corrected chi connectivity index (χ2v) is 36.6. The Kier molecular flexibility index (Phi) is 27.8. The van der Waals surface area contributed by atoms with E-state index in [1.807, 2.05) is 97.2 Å². The number of benzene rings is 15. The standard InChI is InChI=1S/C25H21N2.C24H17N2.C20H15N2.C18H14N.C15H10NO.C12H10N.C11H8N.C5H8O2.3CH4.2Ir/c1-15-10-11-21-20(12-15)19-9-5-8-18-13-26-14-22(27(21)25(26)24(18)19)23-16(2)6-4-7-17(23)3;1-3-11-19-17(8-1)10-7-15-21(19)26-23-14-6-5-13-22(23)25-16-18-9-2-4-12-20(18)24(25)26;1-3-9-17-15(6-1)8-5-11-19(17)22-13-12-21-14-16-7-2-4-10-18(16)20(21)22;1-18(2)14-8-4-3-7-13(14)17-16-12(10-11-19-17)6-5-9-15(16)18;1-11-13(14-7-4-5-9-16-14)10-12-6-2-3-8-15(12)17-11;1-2-6-11-10(5-1)9-13-8-4-3-7-12(11)13;1-2-6-10(7-3-1)11-8-4-5-9-12-11;1-4(6)3-5(2)7;;;;;/h4-12,14H,13H2,1-3H3;1-15H,16H2;1-13H,14H2;3-6,8-11H,1-2H3;2-9H,1H2;1-8H,9H2;1-6,8-9H;3,6H,1-2H3;3*1H4;;/q3*+1;2*-1;+1;-1;;;;;;/i;;;;;1D,2D,3D,4D,5D,6D,7D,8D;;;;;;;. The number of ether oxygens (including phenoxy) is 1. The number of allylic oxidation sites excluding steroid dienone is 3. The number of nitrogens with zero attached hydrogens (tertiary/aromatic N) is 10. The first-order chi connectivity index (χ1) is 73.4. The average molecular weight is 2290 g/mol. The van der Waals surface area contributed by atoms with Gasteiger partial charge in [-0.25, -0.2) is 13.7 Å². The maximum Gasteiger partial charge on any atom is 0.295 e. The molecule has 1 aliphatic carbocycles. The van der Waals surface area contributed by atoms with Crippen LogP contribution in [-0.2, 0) is 76.6 Å². The van der Waals surface area contributed by atoms with Gasteiger partial charge in [0.15, 0.2) is 35.2 Å². The number of aliphatic hydroxyl groups is 1. The fraction of sp³-hybridized carbons (Fsp3) is 0.113. The predicted molar refractivity (Wildman–Crippen MR) is 596 cm³/mol. The topological polar surface area (TPSA) is 115 Å². The normalized spacial score (nSPS) is 13.1. The van der Waals surface area contributed by atoms with E-state index in [1.54, 1.807) is 12.4 Å². The van der Waals surface area contributed by atoms with E-state index in [9.17, 15) is 4.79 Å². The molecule has 5 aliphatic heterocycles. The largest absolute Gasteiger partial charge is 0.527 e. The first kappa shape index (κ1) is 92.5. The first-order valence-electron chi connectivity index (χ1n) is 51.9. The van der Waals surface area contributed by atoms with Crippen molar-refractivity contribution in [3.63, 3.8) is 0 Å². The second kappa shape index (κ2) is 44.5. The van der Waals surface area contributed by atoms with E-state index in [0.717, 1.165) is 64.7 Å². The van der Waals surface area contributed by atoms with Gasteiger partial charge in [-0.05, 0) is 168 Å². The van der Waals surface area contributed by atoms with E-state index in [1.165, 1.54) is 185 Å². The molecule has 148 heavy (non-hydrogen) atoms. The van der Waals surface area contributed by atoms with Crippen molar-refractivity contribution in [2.45, 2.75) is 102 Å². The molecule has 732 valence electrons. The van der Waals surface area contributed by atoms with E-state index in [-0.39, 0.29) is 134 Å². The summed E-state index contributed by atoms with van der Waals surface area (Å²) in [5, 5.41) is 20.1. The van der Waals surface area contributed by atoms with Crippen LogP contribution in [0.3, 0.4) is 0 Å². The smallest absolute Gasteiger partial charge is 0.295 e. The molecular weight excluding hydrogens is 2170 g/mol. The Hall–Kier alpha value is -16.6. The van der Waals surface area contributed by atoms with Crippen LogP contribution in [0.15, 0.2) is 450 Å². The number of aliphatic hydroxyl groups excluding tert-OH is 1. The molecule has 23 aromatic rings. The molecule has 0 saturated carbocycles. The van der Waals surface area contributed by atoms with Gasteiger partial charge in [-0.2, -0.15) is 18.1 Å². The number of hydrogen-bond donors (Lipinski definition) is 1. The molecule has 29 rings (SSSR count). The number of rotatable bonds is 6. The molecule has 13 nitrogen and oxygen atoms in total. The number of aryl methyl sites for hydroxylation is 3. The van der Waals surface area contributed by atoms with Crippen LogP contribution in [0.5, 0.6) is 5.75 Å². The van der Waals surface area contributed by atoms with Crippen molar-refractivity contribution in [3.05, 3.63) is 529 Å². The van der Waals surface area contributed by atoms with Crippen molar-refractivity contribution in [2.24, 2.45) is 0 Å². The van der Waals surface area contributed by atoms with Crippen LogP contribution in [0.25, 0.3) is 155 Å². The Morgan fingerprint density at radius 3 is 1.84 bits per heavy atom. The van der Waals surface area contributed by atoms with Crippen molar-refractivity contribution in [3.8, 4) is 84.9 Å². The molecule has 0 unspecified atom stereocenters. The first-order valence-corrected chi connectivity index (χ1v) is 47.9. The molecule has 0 atom stereocenters. The minimum atomic E-state index is -0.411. The van der Waals surface area contributed by atoms with E-state index in [0.29, 0.717) is 11.3 Å². The average Bonchev–Trinajstić information content (AvgIpc) is 1.34. The molecule has 13 heterocycles. The van der Waals surface area contributed by atoms with Crippen LogP contribution >= 0.6 is 0 Å². The van der Waals surface area contributed by atoms with Gasteiger partial charge in [-0.3, -0.25) is 9.78 Å². The SMILES string of the molecule is C.C.C.C=C1Oc2ccccc2[C-]=C1c1ccccn1.CC(=O)C=C(C)O.CC1(C)c2ccc[c-]c2-c2nccc3cccc1c23.Cc1ccc2c(c1)c1cccc3c1c1n2c(-c2c(C)cccc2C)c[n+]1C3.[2H]c1c([2H])c([2H])c2c(c1[2H])C[n+]1c([2H])c([2H])c([2H])c([2H])c1-2.[Ir].[Ir].[c-]1ccccc1-c1ccccn1.c1ccc2c(c1)C[n+]1c-2n(-c2cccc3ccccc23)c2ccccc21.c1ccc2c(c1)C[n+]1ccn(-c3cccc4ccccc34)c1-2. The monoisotopic (exact) mass is 2290 g/mol. The third kappa shape index (κ3) is 19.8. The van der Waals surface area contributed by atoms with Crippen LogP contribution in [0.1, 0.15) is 122 Å². The molecule has 8 aromatic heterocycles. The summed E-state index contributed by atoms with van der Waals surface area (Å²) >= 11 is 0. The third-order valence-electron chi connectivity index (χ3n) is 27.0. The Labute approximate surface area is 904 Å². The number of ketones is 1. The van der Waals surface area contributed by atoms with Crippen molar-refractivity contribution in [1.29, 1.82) is 0 Å². The molecular formula is C133H115Ir2N10O3+. The van der Waals surface area contributed by atoms with E-state index >= 15 is 0 Å². The van der Waals surface area contributed by atoms with Gasteiger partial charge in [-0.1, -0.05) is 302 Å². The van der Waals surface area contributed by atoms with Crippen molar-refractivity contribution in [1.82, 2.24) is 28.5 Å². The fourth-order valence-electron chi connectivity index (χ4n) is 20.7. The molecule has 1 N–H and O–H groups in total. The maximum absolute atomic E-state index is 10.0. The molecule has 0 fully saturated rings. The van der Waals surface area contributed by atoms with Crippen LogP contribution in [0, 0.1) is 39.0 Å². The Bertz CT molecular complexity index is 9380. The number of carbonyl (C=O) groups is 1. The summed E-state index contributed by atoms with van der Waals surface area (Å²) in [5.74, 6) is 3.86. The number of carbonyl (C=O) groups excluding carboxylic acids is 1. The Morgan fingerprint density at radius 1 is 0.500 bits per heavy atom. The minimum Gasteiger partial charge on any atom is -0.527 e. The fourth-order valence-corrected chi connectivity index (χ4v) is 20.7. The summed E-state index contributed by atoms with van der Waals surface area (Å²) < 4.78 is 83.9. The van der Waals surface area contributed by atoms with E-state index in [4.69, 9.17) is 20.8 Å².